The molecule has 3 heteroatoms. The van der Waals surface area contributed by atoms with Gasteiger partial charge in [0, 0.05) is 13.1 Å². The predicted molar refractivity (Wildman–Crippen MR) is 40.1 cm³/mol. The van der Waals surface area contributed by atoms with Gasteiger partial charge in [0.25, 0.3) is 0 Å². The zero-order valence-corrected chi connectivity index (χ0v) is 6.12. The molecule has 0 bridgehead atoms. The summed E-state index contributed by atoms with van der Waals surface area (Å²) in [6, 6.07) is 0. The Labute approximate surface area is 61.7 Å². The highest BCUT2D eigenvalue weighted by molar-refractivity contribution is 5.85. The lowest BCUT2D eigenvalue weighted by Gasteiger charge is -2.26. The number of hydrogen-bond donors (Lipinski definition) is 1. The second-order valence-electron chi connectivity index (χ2n) is 1.90. The second-order valence-corrected chi connectivity index (χ2v) is 1.90. The van der Waals surface area contributed by atoms with Crippen molar-refractivity contribution in [3.8, 4) is 0 Å². The van der Waals surface area contributed by atoms with Gasteiger partial charge in [-0.25, -0.2) is 0 Å². The maximum Gasteiger partial charge on any atom is 0.0827 e. The highest BCUT2D eigenvalue weighted by Gasteiger charge is 2.15. The van der Waals surface area contributed by atoms with Crippen LogP contribution in [0.1, 0.15) is 0 Å². The first-order valence-corrected chi connectivity index (χ1v) is 2.86. The minimum Gasteiger partial charge on any atom is -0.372 e. The summed E-state index contributed by atoms with van der Waals surface area (Å²) >= 11 is 0. The fourth-order valence-corrected chi connectivity index (χ4v) is 0.584. The fourth-order valence-electron chi connectivity index (χ4n) is 0.584. The molecule has 0 saturated carbocycles. The molecule has 1 aliphatic heterocycles. The maximum absolute atomic E-state index is 5.25. The predicted octanol–water partition coefficient (Wildman–Crippen LogP) is 0.583. The van der Waals surface area contributed by atoms with Crippen LogP contribution in [-0.2, 0) is 4.74 Å². The van der Waals surface area contributed by atoms with E-state index >= 15 is 0 Å². The van der Waals surface area contributed by atoms with Gasteiger partial charge < -0.3 is 10.1 Å². The SMILES string of the molecule is C=CCOC1CNC1.Cl. The zero-order chi connectivity index (χ0) is 5.82. The molecular formula is C6H12ClNO. The highest BCUT2D eigenvalue weighted by Crippen LogP contribution is 1.96. The van der Waals surface area contributed by atoms with Crippen LogP contribution in [0.3, 0.4) is 0 Å². The van der Waals surface area contributed by atoms with Gasteiger partial charge in [-0.1, -0.05) is 6.08 Å². The topological polar surface area (TPSA) is 21.3 Å². The van der Waals surface area contributed by atoms with Crippen LogP contribution in [0.2, 0.25) is 0 Å². The van der Waals surface area contributed by atoms with E-state index in [-0.39, 0.29) is 12.4 Å². The lowest BCUT2D eigenvalue weighted by molar-refractivity contribution is 0.0365. The molecule has 0 unspecified atom stereocenters. The quantitative estimate of drug-likeness (QED) is 0.593. The first-order chi connectivity index (χ1) is 3.93. The van der Waals surface area contributed by atoms with E-state index in [2.05, 4.69) is 11.9 Å². The van der Waals surface area contributed by atoms with Crippen molar-refractivity contribution >= 4 is 12.4 Å². The summed E-state index contributed by atoms with van der Waals surface area (Å²) in [5.74, 6) is 0. The Kier molecular flexibility index (Phi) is 4.77. The van der Waals surface area contributed by atoms with Crippen molar-refractivity contribution in [3.05, 3.63) is 12.7 Å². The molecule has 54 valence electrons. The Morgan fingerprint density at radius 3 is 2.67 bits per heavy atom. The number of rotatable bonds is 3. The van der Waals surface area contributed by atoms with Crippen LogP contribution in [0.15, 0.2) is 12.7 Å². The molecule has 0 aromatic heterocycles. The number of nitrogens with one attached hydrogen (secondary N) is 1. The molecule has 0 aromatic rings. The van der Waals surface area contributed by atoms with Gasteiger partial charge in [0.1, 0.15) is 0 Å². The lowest BCUT2D eigenvalue weighted by Crippen LogP contribution is -2.48. The average Bonchev–Trinajstić information content (AvgIpc) is 1.63. The standard InChI is InChI=1S/C6H11NO.ClH/c1-2-3-8-6-4-7-5-6;/h2,6-7H,1,3-5H2;1H. The molecule has 0 aliphatic carbocycles. The summed E-state index contributed by atoms with van der Waals surface area (Å²) in [4.78, 5) is 0. The van der Waals surface area contributed by atoms with E-state index in [0.717, 1.165) is 13.1 Å². The molecule has 0 atom stereocenters. The van der Waals surface area contributed by atoms with Gasteiger partial charge in [-0.2, -0.15) is 0 Å². The van der Waals surface area contributed by atoms with E-state index in [1.165, 1.54) is 0 Å². The van der Waals surface area contributed by atoms with Crippen molar-refractivity contribution < 1.29 is 4.74 Å². The van der Waals surface area contributed by atoms with Crippen molar-refractivity contribution in [1.29, 1.82) is 0 Å². The van der Waals surface area contributed by atoms with Gasteiger partial charge in [-0.05, 0) is 0 Å². The minimum atomic E-state index is 0. The van der Waals surface area contributed by atoms with Gasteiger partial charge in [0.05, 0.1) is 12.7 Å². The van der Waals surface area contributed by atoms with Crippen LogP contribution >= 0.6 is 12.4 Å². The molecule has 1 fully saturated rings. The van der Waals surface area contributed by atoms with Crippen LogP contribution in [0.5, 0.6) is 0 Å². The molecule has 0 aromatic carbocycles. The average molecular weight is 150 g/mol. The number of hydrogen-bond acceptors (Lipinski definition) is 2. The summed E-state index contributed by atoms with van der Waals surface area (Å²) in [6.07, 6.45) is 2.23. The summed E-state index contributed by atoms with van der Waals surface area (Å²) in [6.45, 7) is 6.25. The van der Waals surface area contributed by atoms with E-state index in [0.29, 0.717) is 12.7 Å². The van der Waals surface area contributed by atoms with E-state index in [9.17, 15) is 0 Å². The van der Waals surface area contributed by atoms with Gasteiger partial charge in [-0.15, -0.1) is 19.0 Å². The van der Waals surface area contributed by atoms with Crippen LogP contribution < -0.4 is 5.32 Å². The Morgan fingerprint density at radius 2 is 2.33 bits per heavy atom. The van der Waals surface area contributed by atoms with E-state index in [4.69, 9.17) is 4.74 Å². The van der Waals surface area contributed by atoms with E-state index in [1.54, 1.807) is 6.08 Å². The monoisotopic (exact) mass is 149 g/mol. The van der Waals surface area contributed by atoms with Crippen LogP contribution in [0.4, 0.5) is 0 Å². The van der Waals surface area contributed by atoms with Crippen LogP contribution in [0, 0.1) is 0 Å². The molecule has 9 heavy (non-hydrogen) atoms. The lowest BCUT2D eigenvalue weighted by atomic mass is 10.2. The van der Waals surface area contributed by atoms with Crippen molar-refractivity contribution in [2.24, 2.45) is 0 Å². The van der Waals surface area contributed by atoms with Crippen molar-refractivity contribution in [2.45, 2.75) is 6.10 Å². The normalized spacial score (nSPS) is 17.8. The van der Waals surface area contributed by atoms with E-state index in [1.807, 2.05) is 0 Å². The van der Waals surface area contributed by atoms with Crippen LogP contribution in [-0.4, -0.2) is 25.8 Å². The molecular weight excluding hydrogens is 138 g/mol. The Hall–Kier alpha value is -0.0500. The van der Waals surface area contributed by atoms with Gasteiger partial charge >= 0.3 is 0 Å². The molecule has 0 radical (unpaired) electrons. The smallest absolute Gasteiger partial charge is 0.0827 e. The van der Waals surface area contributed by atoms with Crippen molar-refractivity contribution in [3.63, 3.8) is 0 Å². The number of halogens is 1. The van der Waals surface area contributed by atoms with Gasteiger partial charge in [-0.3, -0.25) is 0 Å². The van der Waals surface area contributed by atoms with Gasteiger partial charge in [0.15, 0.2) is 0 Å². The third kappa shape index (κ3) is 2.84. The molecule has 1 saturated heterocycles. The molecule has 1 rings (SSSR count). The molecule has 0 amide bonds. The molecule has 1 aliphatic rings. The maximum atomic E-state index is 5.25. The first kappa shape index (κ1) is 8.95. The molecule has 1 heterocycles. The Morgan fingerprint density at radius 1 is 1.67 bits per heavy atom. The first-order valence-electron chi connectivity index (χ1n) is 2.86. The van der Waals surface area contributed by atoms with E-state index < -0.39 is 0 Å². The second kappa shape index (κ2) is 4.79. The molecule has 0 spiro atoms. The van der Waals surface area contributed by atoms with Crippen molar-refractivity contribution in [1.82, 2.24) is 5.32 Å². The Bertz CT molecular complexity index is 83.1. The Balaban J connectivity index is 0.000000640. The summed E-state index contributed by atoms with van der Waals surface area (Å²) in [5.41, 5.74) is 0. The minimum absolute atomic E-state index is 0. The van der Waals surface area contributed by atoms with Crippen molar-refractivity contribution in [2.75, 3.05) is 19.7 Å². The zero-order valence-electron chi connectivity index (χ0n) is 5.30. The van der Waals surface area contributed by atoms with Gasteiger partial charge in [0.2, 0.25) is 0 Å². The highest BCUT2D eigenvalue weighted by atomic mass is 35.5. The van der Waals surface area contributed by atoms with Crippen LogP contribution in [0.25, 0.3) is 0 Å². The molecule has 2 nitrogen and oxygen atoms in total. The molecule has 1 N–H and O–H groups in total. The summed E-state index contributed by atoms with van der Waals surface area (Å²) in [7, 11) is 0. The summed E-state index contributed by atoms with van der Waals surface area (Å²) in [5, 5.41) is 3.11. The summed E-state index contributed by atoms with van der Waals surface area (Å²) < 4.78 is 5.25. The third-order valence-corrected chi connectivity index (χ3v) is 1.19. The largest absolute Gasteiger partial charge is 0.372 e. The number of ether oxygens (including phenoxy) is 1. The fraction of sp³-hybridized carbons (Fsp3) is 0.667. The third-order valence-electron chi connectivity index (χ3n) is 1.19.